The average molecular weight is 556 g/mol. The summed E-state index contributed by atoms with van der Waals surface area (Å²) in [4.78, 5) is 51.8. The van der Waals surface area contributed by atoms with E-state index in [-0.39, 0.29) is 45.0 Å². The molecule has 35 heavy (non-hydrogen) atoms. The fourth-order valence-corrected chi connectivity index (χ4v) is 6.69. The minimum absolute atomic E-state index is 0.112. The molecular weight excluding hydrogens is 538 g/mol. The lowest BCUT2D eigenvalue weighted by Gasteiger charge is -2.28. The molecule has 6 atom stereocenters. The summed E-state index contributed by atoms with van der Waals surface area (Å²) < 4.78 is 5.06. The van der Waals surface area contributed by atoms with Crippen molar-refractivity contribution in [2.24, 2.45) is 23.7 Å². The Morgan fingerprint density at radius 1 is 0.943 bits per heavy atom. The average Bonchev–Trinajstić information content (AvgIpc) is 3.44. The third-order valence-electron chi connectivity index (χ3n) is 6.89. The summed E-state index contributed by atoms with van der Waals surface area (Å²) in [5.74, 6) is -3.02. The van der Waals surface area contributed by atoms with E-state index in [9.17, 15) is 19.2 Å². The molecule has 11 heteroatoms. The largest absolute Gasteiger partial charge is 0.452 e. The van der Waals surface area contributed by atoms with Crippen LogP contribution in [0.1, 0.15) is 16.8 Å². The second kappa shape index (κ2) is 9.28. The Labute approximate surface area is 220 Å². The minimum Gasteiger partial charge on any atom is -0.452 e. The first-order valence-electron chi connectivity index (χ1n) is 10.9. The molecule has 2 aromatic carbocycles. The number of anilines is 2. The molecule has 3 fully saturated rings. The number of carbonyl (C=O) groups excluding carboxylic acids is 4. The lowest BCUT2D eigenvalue weighted by atomic mass is 9.80. The first-order valence-corrected chi connectivity index (χ1v) is 12.5. The Balaban J connectivity index is 1.21. The molecular formula is C24H18Cl4N2O5. The molecule has 1 N–H and O–H groups in total. The highest BCUT2D eigenvalue weighted by atomic mass is 35.5. The molecule has 2 saturated carbocycles. The molecule has 7 nitrogen and oxygen atoms in total. The number of imide groups is 1. The Morgan fingerprint density at radius 2 is 1.54 bits per heavy atom. The number of benzene rings is 2. The van der Waals surface area contributed by atoms with Crippen molar-refractivity contribution in [1.82, 2.24) is 0 Å². The van der Waals surface area contributed by atoms with Gasteiger partial charge in [-0.15, -0.1) is 23.2 Å². The summed E-state index contributed by atoms with van der Waals surface area (Å²) in [5, 5.41) is 2.54. The number of rotatable bonds is 5. The standard InChI is InChI=1S/C24H18Cl4N2O5/c25-11-3-6-16(15(26)7-11)29-17(31)9-35-24(34)10-1-4-12(5-2-10)30-22(32)18-13-8-14(19(18)23(30)33)21(28)20(13)27/h1-7,13-14,18-21H,8-9H2,(H,29,31)/t13-,14-,18-,19-,20+,21+/m1/s1. The molecule has 2 aliphatic carbocycles. The van der Waals surface area contributed by atoms with Gasteiger partial charge in [-0.05, 0) is 60.7 Å². The minimum atomic E-state index is -0.738. The van der Waals surface area contributed by atoms with Gasteiger partial charge in [-0.2, -0.15) is 0 Å². The van der Waals surface area contributed by atoms with E-state index in [4.69, 9.17) is 51.1 Å². The normalized spacial score (nSPS) is 28.9. The first-order chi connectivity index (χ1) is 16.7. The highest BCUT2D eigenvalue weighted by molar-refractivity contribution is 6.36. The zero-order valence-corrected chi connectivity index (χ0v) is 20.9. The number of halogens is 4. The van der Waals surface area contributed by atoms with Gasteiger partial charge in [-0.3, -0.25) is 19.3 Å². The Kier molecular flexibility index (Phi) is 6.46. The van der Waals surface area contributed by atoms with Crippen molar-refractivity contribution < 1.29 is 23.9 Å². The van der Waals surface area contributed by atoms with Crippen LogP contribution in [0.3, 0.4) is 0 Å². The van der Waals surface area contributed by atoms with Crippen molar-refractivity contribution in [1.29, 1.82) is 0 Å². The van der Waals surface area contributed by atoms with Crippen LogP contribution in [0.15, 0.2) is 42.5 Å². The second-order valence-corrected chi connectivity index (χ2v) is 10.7. The summed E-state index contributed by atoms with van der Waals surface area (Å²) in [6, 6.07) is 10.4. The first kappa shape index (κ1) is 24.4. The maximum atomic E-state index is 13.1. The van der Waals surface area contributed by atoms with Crippen LogP contribution in [0.25, 0.3) is 0 Å². The number of ether oxygens (including phenoxy) is 1. The second-order valence-electron chi connectivity index (χ2n) is 8.81. The van der Waals surface area contributed by atoms with E-state index in [2.05, 4.69) is 5.32 Å². The number of esters is 1. The molecule has 3 amide bonds. The maximum absolute atomic E-state index is 13.1. The zero-order valence-electron chi connectivity index (χ0n) is 17.9. The van der Waals surface area contributed by atoms with E-state index in [1.54, 1.807) is 6.07 Å². The van der Waals surface area contributed by atoms with E-state index in [1.807, 2.05) is 0 Å². The van der Waals surface area contributed by atoms with E-state index >= 15 is 0 Å². The van der Waals surface area contributed by atoms with Crippen LogP contribution >= 0.6 is 46.4 Å². The third kappa shape index (κ3) is 4.18. The molecule has 0 aromatic heterocycles. The van der Waals surface area contributed by atoms with Gasteiger partial charge >= 0.3 is 5.97 Å². The van der Waals surface area contributed by atoms with E-state index in [0.717, 1.165) is 4.90 Å². The molecule has 2 aromatic rings. The highest BCUT2D eigenvalue weighted by Crippen LogP contribution is 2.59. The van der Waals surface area contributed by atoms with E-state index in [0.29, 0.717) is 22.8 Å². The van der Waals surface area contributed by atoms with Gasteiger partial charge < -0.3 is 10.1 Å². The SMILES string of the molecule is O=C(COC(=O)c1ccc(N2C(=O)[C@@H]3[C@H]4C[C@@H]([C@H](Cl)[C@H]4Cl)[C@H]3C2=O)cc1)Nc1ccc(Cl)cc1Cl. The van der Waals surface area contributed by atoms with Crippen LogP contribution in [0.5, 0.6) is 0 Å². The topological polar surface area (TPSA) is 92.8 Å². The number of nitrogens with zero attached hydrogens (tertiary/aromatic N) is 1. The summed E-state index contributed by atoms with van der Waals surface area (Å²) in [6.45, 7) is -0.534. The zero-order chi connectivity index (χ0) is 25.0. The van der Waals surface area contributed by atoms with E-state index < -0.39 is 30.3 Å². The molecule has 2 bridgehead atoms. The molecule has 1 saturated heterocycles. The van der Waals surface area contributed by atoms with Crippen LogP contribution in [0, 0.1) is 23.7 Å². The molecule has 0 spiro atoms. The van der Waals surface area contributed by atoms with Crippen molar-refractivity contribution in [2.45, 2.75) is 17.2 Å². The predicted molar refractivity (Wildman–Crippen MR) is 132 cm³/mol. The van der Waals surface area contributed by atoms with Crippen LogP contribution in [0.4, 0.5) is 11.4 Å². The summed E-state index contributed by atoms with van der Waals surface area (Å²) in [7, 11) is 0. The maximum Gasteiger partial charge on any atom is 0.338 e. The number of carbonyl (C=O) groups is 4. The van der Waals surface area contributed by atoms with Crippen molar-refractivity contribution in [3.8, 4) is 0 Å². The van der Waals surface area contributed by atoms with Gasteiger partial charge in [-0.1, -0.05) is 23.2 Å². The van der Waals surface area contributed by atoms with Gasteiger partial charge in [0.25, 0.3) is 5.91 Å². The van der Waals surface area contributed by atoms with Gasteiger partial charge in [0.1, 0.15) is 0 Å². The Bertz CT molecular complexity index is 1200. The number of fused-ring (bicyclic) bond motifs is 5. The Morgan fingerprint density at radius 3 is 2.11 bits per heavy atom. The lowest BCUT2D eigenvalue weighted by molar-refractivity contribution is -0.123. The predicted octanol–water partition coefficient (Wildman–Crippen LogP) is 4.76. The number of amides is 3. The van der Waals surface area contributed by atoms with Crippen LogP contribution in [-0.4, -0.2) is 41.1 Å². The summed E-state index contributed by atoms with van der Waals surface area (Å²) in [5.41, 5.74) is 0.852. The van der Waals surface area contributed by atoms with Gasteiger partial charge in [-0.25, -0.2) is 4.79 Å². The van der Waals surface area contributed by atoms with Crippen LogP contribution in [-0.2, 0) is 19.1 Å². The van der Waals surface area contributed by atoms with Gasteiger partial charge in [0.15, 0.2) is 6.61 Å². The van der Waals surface area contributed by atoms with Crippen molar-refractivity contribution in [2.75, 3.05) is 16.8 Å². The van der Waals surface area contributed by atoms with Crippen molar-refractivity contribution in [3.05, 3.63) is 58.1 Å². The third-order valence-corrected chi connectivity index (χ3v) is 8.75. The number of alkyl halides is 2. The van der Waals surface area contributed by atoms with Crippen molar-refractivity contribution in [3.63, 3.8) is 0 Å². The summed E-state index contributed by atoms with van der Waals surface area (Å²) >= 11 is 24.6. The quantitative estimate of drug-likeness (QED) is 0.326. The fraction of sp³-hybridized carbons (Fsp3) is 0.333. The molecule has 0 unspecified atom stereocenters. The Hall–Kier alpha value is -2.32. The number of nitrogens with one attached hydrogen (secondary N) is 1. The monoisotopic (exact) mass is 554 g/mol. The summed E-state index contributed by atoms with van der Waals surface area (Å²) in [6.07, 6.45) is 0.686. The molecule has 3 aliphatic rings. The van der Waals surface area contributed by atoms with Crippen LogP contribution in [0.2, 0.25) is 10.0 Å². The number of hydrogen-bond acceptors (Lipinski definition) is 5. The lowest BCUT2D eigenvalue weighted by Crippen LogP contribution is -2.37. The molecule has 1 aliphatic heterocycles. The van der Waals surface area contributed by atoms with Gasteiger partial charge in [0, 0.05) is 5.02 Å². The van der Waals surface area contributed by atoms with Crippen molar-refractivity contribution >= 4 is 81.5 Å². The smallest absolute Gasteiger partial charge is 0.338 e. The van der Waals surface area contributed by atoms with Crippen LogP contribution < -0.4 is 10.2 Å². The van der Waals surface area contributed by atoms with Gasteiger partial charge in [0.2, 0.25) is 11.8 Å². The number of hydrogen-bond donors (Lipinski definition) is 1. The molecule has 182 valence electrons. The molecule has 5 rings (SSSR count). The van der Waals surface area contributed by atoms with Gasteiger partial charge in [0.05, 0.1) is 44.6 Å². The fourth-order valence-electron chi connectivity index (χ4n) is 5.34. The van der Waals surface area contributed by atoms with E-state index in [1.165, 1.54) is 36.4 Å². The highest BCUT2D eigenvalue weighted by Gasteiger charge is 2.66. The molecule has 1 heterocycles. The molecule has 0 radical (unpaired) electrons.